The average Bonchev–Trinajstić information content (AvgIpc) is 3.10. The number of aliphatic hydroxyl groups is 1. The highest BCUT2D eigenvalue weighted by Crippen LogP contribution is 2.58. The van der Waals surface area contributed by atoms with Gasteiger partial charge in [-0.3, -0.25) is 4.21 Å². The number of anilines is 2. The van der Waals surface area contributed by atoms with Crippen molar-refractivity contribution in [2.45, 2.75) is 41.5 Å². The van der Waals surface area contributed by atoms with Gasteiger partial charge in [-0.15, -0.1) is 0 Å². The van der Waals surface area contributed by atoms with E-state index in [4.69, 9.17) is 11.6 Å². The molecule has 2 N–H and O–H groups in total. The van der Waals surface area contributed by atoms with E-state index in [0.717, 1.165) is 19.3 Å². The van der Waals surface area contributed by atoms with Crippen molar-refractivity contribution in [3.8, 4) is 0 Å². The molecule has 10 heteroatoms. The molecule has 2 aromatic rings. The first-order valence-electron chi connectivity index (χ1n) is 10.9. The van der Waals surface area contributed by atoms with Gasteiger partial charge in [-0.25, -0.2) is 4.98 Å². The summed E-state index contributed by atoms with van der Waals surface area (Å²) in [4.78, 5) is 10.7. The number of nitrogens with one attached hydrogen (secondary N) is 1. The molecule has 0 bridgehead atoms. The fourth-order valence-electron chi connectivity index (χ4n) is 5.48. The molecule has 1 saturated heterocycles. The van der Waals surface area contributed by atoms with Crippen LogP contribution in [0, 0.1) is 11.8 Å². The van der Waals surface area contributed by atoms with Crippen molar-refractivity contribution in [1.29, 1.82) is 0 Å². The van der Waals surface area contributed by atoms with E-state index in [9.17, 15) is 18.1 Å². The summed E-state index contributed by atoms with van der Waals surface area (Å²) in [5.74, 6) is -2.30. The molecule has 1 aromatic carbocycles. The smallest absolute Gasteiger partial charge is 0.302 e. The van der Waals surface area contributed by atoms with E-state index in [2.05, 4.69) is 15.3 Å². The van der Waals surface area contributed by atoms with E-state index < -0.39 is 33.7 Å². The molecule has 3 fully saturated rings. The highest BCUT2D eigenvalue weighted by molar-refractivity contribution is 7.85. The van der Waals surface area contributed by atoms with Gasteiger partial charge < -0.3 is 15.3 Å². The molecule has 0 radical (unpaired) electrons. The number of halogens is 3. The second-order valence-electron chi connectivity index (χ2n) is 9.47. The van der Waals surface area contributed by atoms with Crippen molar-refractivity contribution in [2.75, 3.05) is 35.7 Å². The van der Waals surface area contributed by atoms with Gasteiger partial charge in [-0.05, 0) is 54.7 Å². The van der Waals surface area contributed by atoms with Crippen molar-refractivity contribution >= 4 is 34.2 Å². The molecule has 2 aliphatic heterocycles. The second-order valence-corrected chi connectivity index (χ2v) is 11.3. The lowest BCUT2D eigenvalue weighted by Crippen LogP contribution is -2.48. The highest BCUT2D eigenvalue weighted by atomic mass is 35.5. The number of piperidine rings is 1. The lowest BCUT2D eigenvalue weighted by Gasteiger charge is -2.41. The quantitative estimate of drug-likeness (QED) is 0.681. The first-order chi connectivity index (χ1) is 15.3. The molecule has 2 aliphatic carbocycles. The van der Waals surface area contributed by atoms with Gasteiger partial charge in [0.1, 0.15) is 16.4 Å². The molecule has 2 saturated carbocycles. The zero-order valence-electron chi connectivity index (χ0n) is 17.2. The number of aliphatic hydroxyl groups excluding tert-OH is 1. The normalized spacial score (nSPS) is 31.1. The highest BCUT2D eigenvalue weighted by Gasteiger charge is 2.57. The summed E-state index contributed by atoms with van der Waals surface area (Å²) in [6.07, 6.45) is 2.38. The predicted octanol–water partition coefficient (Wildman–Crippen LogP) is 3.52. The topological polar surface area (TPSA) is 78.4 Å². The van der Waals surface area contributed by atoms with Crippen LogP contribution in [0.5, 0.6) is 0 Å². The number of hydrogen-bond donors (Lipinski definition) is 2. The maximum absolute atomic E-state index is 14.7. The minimum absolute atomic E-state index is 0.0122. The zero-order valence-corrected chi connectivity index (χ0v) is 18.8. The summed E-state index contributed by atoms with van der Waals surface area (Å²) >= 11 is 6.00. The minimum Gasteiger partial charge on any atom is -0.394 e. The van der Waals surface area contributed by atoms with Crippen LogP contribution in [0.15, 0.2) is 29.2 Å². The summed E-state index contributed by atoms with van der Waals surface area (Å²) in [6.45, 7) is 1.26. The van der Waals surface area contributed by atoms with E-state index in [1.165, 1.54) is 5.56 Å². The Bertz CT molecular complexity index is 1090. The number of fused-ring (bicyclic) bond motifs is 2. The molecule has 170 valence electrons. The third-order valence-electron chi connectivity index (χ3n) is 7.47. The number of hydrogen-bond acceptors (Lipinski definition) is 6. The van der Waals surface area contributed by atoms with E-state index in [1.807, 2.05) is 29.2 Å². The van der Waals surface area contributed by atoms with Crippen LogP contribution in [0.1, 0.15) is 36.4 Å². The molecule has 1 aromatic heterocycles. The molecule has 4 aliphatic rings. The average molecular weight is 481 g/mol. The summed E-state index contributed by atoms with van der Waals surface area (Å²) in [6, 6.07) is 7.88. The molecule has 3 heterocycles. The van der Waals surface area contributed by atoms with Crippen LogP contribution in [0.2, 0.25) is 5.02 Å². The van der Waals surface area contributed by atoms with E-state index in [1.54, 1.807) is 0 Å². The van der Waals surface area contributed by atoms with Crippen molar-refractivity contribution in [3.05, 3.63) is 40.5 Å². The number of alkyl halides is 2. The molecular weight excluding hydrogens is 458 g/mol. The lowest BCUT2D eigenvalue weighted by atomic mass is 9.77. The first kappa shape index (κ1) is 20.7. The van der Waals surface area contributed by atoms with Crippen molar-refractivity contribution in [1.82, 2.24) is 9.97 Å². The lowest BCUT2D eigenvalue weighted by molar-refractivity contribution is 0.0191. The van der Waals surface area contributed by atoms with Gasteiger partial charge in [0.2, 0.25) is 5.95 Å². The molecule has 6 nitrogen and oxygen atoms in total. The fraction of sp³-hybridized carbons (Fsp3) is 0.545. The summed E-state index contributed by atoms with van der Waals surface area (Å²) in [5, 5.41) is 13.7. The fourth-order valence-corrected chi connectivity index (χ4v) is 6.94. The van der Waals surface area contributed by atoms with Crippen LogP contribution in [-0.4, -0.2) is 50.3 Å². The van der Waals surface area contributed by atoms with Gasteiger partial charge >= 0.3 is 5.92 Å². The van der Waals surface area contributed by atoms with Crippen LogP contribution in [0.4, 0.5) is 20.5 Å². The van der Waals surface area contributed by atoms with Crippen LogP contribution < -0.4 is 10.2 Å². The number of benzene rings is 1. The van der Waals surface area contributed by atoms with Gasteiger partial charge in [0.05, 0.1) is 28.7 Å². The van der Waals surface area contributed by atoms with Gasteiger partial charge in [-0.1, -0.05) is 23.7 Å². The number of aromatic nitrogens is 2. The summed E-state index contributed by atoms with van der Waals surface area (Å²) in [5.41, 5.74) is 0.220. The minimum atomic E-state index is -3.26. The molecular formula is C22H23ClF2N4O2S. The molecule has 2 unspecified atom stereocenters. The third kappa shape index (κ3) is 3.15. The Morgan fingerprint density at radius 1 is 1.19 bits per heavy atom. The Kier molecular flexibility index (Phi) is 4.59. The summed E-state index contributed by atoms with van der Waals surface area (Å²) < 4.78 is 41.8. The Morgan fingerprint density at radius 2 is 1.88 bits per heavy atom. The molecule has 3 atom stereocenters. The number of nitrogens with zero attached hydrogens (tertiary/aromatic N) is 3. The van der Waals surface area contributed by atoms with Gasteiger partial charge in [0.15, 0.2) is 0 Å². The van der Waals surface area contributed by atoms with Crippen molar-refractivity contribution in [3.63, 3.8) is 0 Å². The number of rotatable bonds is 5. The van der Waals surface area contributed by atoms with E-state index in [0.29, 0.717) is 35.9 Å². The van der Waals surface area contributed by atoms with Crippen LogP contribution >= 0.6 is 11.6 Å². The maximum Gasteiger partial charge on any atom is 0.302 e. The SMILES string of the molecule is O=[S@]1CC(F)(F)c2nc(N3CC4C(C3)C4c3ccc(Cl)cc3)nc(NC3(CO)CCC3)c21. The largest absolute Gasteiger partial charge is 0.394 e. The Morgan fingerprint density at radius 3 is 2.47 bits per heavy atom. The van der Waals surface area contributed by atoms with E-state index in [-0.39, 0.29) is 23.3 Å². The standard InChI is InChI=1S/C22H23ClF2N4O2S/c23-13-4-2-12(3-5-13)16-14-8-29(9-15(14)16)20-26-18-17(32(31)11-22(18,24)25)19(27-20)28-21(10-30)6-1-7-21/h2-5,14-16,30H,1,6-11H2,(H,26,27,28)/t14?,15?,16?,32-/m0/s1. The molecule has 6 rings (SSSR count). The Balaban J connectivity index is 1.29. The van der Waals surface area contributed by atoms with Crippen molar-refractivity contribution < 1.29 is 18.1 Å². The van der Waals surface area contributed by atoms with Gasteiger partial charge in [-0.2, -0.15) is 13.8 Å². The molecule has 0 amide bonds. The molecule has 32 heavy (non-hydrogen) atoms. The second kappa shape index (κ2) is 7.08. The maximum atomic E-state index is 14.7. The summed E-state index contributed by atoms with van der Waals surface area (Å²) in [7, 11) is -1.88. The Hall–Kier alpha value is -1.84. The van der Waals surface area contributed by atoms with E-state index >= 15 is 0 Å². The monoisotopic (exact) mass is 480 g/mol. The predicted molar refractivity (Wildman–Crippen MR) is 118 cm³/mol. The molecule has 0 spiro atoms. The van der Waals surface area contributed by atoms with Crippen LogP contribution in [0.3, 0.4) is 0 Å². The Labute approximate surface area is 191 Å². The van der Waals surface area contributed by atoms with Crippen LogP contribution in [0.25, 0.3) is 0 Å². The third-order valence-corrected chi connectivity index (χ3v) is 9.19. The van der Waals surface area contributed by atoms with Gasteiger partial charge in [0.25, 0.3) is 0 Å². The van der Waals surface area contributed by atoms with Crippen LogP contribution in [-0.2, 0) is 16.7 Å². The van der Waals surface area contributed by atoms with Gasteiger partial charge in [0, 0.05) is 18.1 Å². The zero-order chi connectivity index (χ0) is 22.3. The van der Waals surface area contributed by atoms with Crippen molar-refractivity contribution in [2.24, 2.45) is 11.8 Å². The first-order valence-corrected chi connectivity index (χ1v) is 12.6.